The molecule has 2 rings (SSSR count). The lowest BCUT2D eigenvalue weighted by Crippen LogP contribution is -2.00. The van der Waals surface area contributed by atoms with Crippen LogP contribution in [0.15, 0.2) is 34.8 Å². The Hall–Kier alpha value is -1.00. The van der Waals surface area contributed by atoms with Gasteiger partial charge in [0.05, 0.1) is 19.0 Å². The summed E-state index contributed by atoms with van der Waals surface area (Å²) < 4.78 is 11.7. The van der Waals surface area contributed by atoms with Crippen LogP contribution in [0.25, 0.3) is 0 Å². The van der Waals surface area contributed by atoms with Crippen LogP contribution in [-0.4, -0.2) is 14.2 Å². The summed E-state index contributed by atoms with van der Waals surface area (Å²) in [7, 11) is 3.29. The Kier molecular flexibility index (Phi) is 5.33. The van der Waals surface area contributed by atoms with Crippen LogP contribution < -0.4 is 9.47 Å². The Balaban J connectivity index is 2.53. The quantitative estimate of drug-likeness (QED) is 0.610. The maximum absolute atomic E-state index is 5.41. The van der Waals surface area contributed by atoms with Crippen LogP contribution in [0.5, 0.6) is 11.5 Å². The van der Waals surface area contributed by atoms with Gasteiger partial charge in [0.25, 0.3) is 0 Å². The Morgan fingerprint density at radius 2 is 1.57 bits per heavy atom. The van der Waals surface area contributed by atoms with E-state index in [0.29, 0.717) is 5.75 Å². The minimum Gasteiger partial charge on any atom is -0.493 e. The van der Waals surface area contributed by atoms with E-state index >= 15 is 0 Å². The highest BCUT2D eigenvalue weighted by molar-refractivity contribution is 9.11. The molecule has 1 unspecified atom stereocenters. The van der Waals surface area contributed by atoms with Gasteiger partial charge in [-0.15, -0.1) is 0 Å². The van der Waals surface area contributed by atoms with Crippen LogP contribution in [0, 0.1) is 13.8 Å². The second-order valence-corrected chi connectivity index (χ2v) is 6.65. The second kappa shape index (κ2) is 6.84. The van der Waals surface area contributed by atoms with Crippen LogP contribution in [0.3, 0.4) is 0 Å². The molecule has 0 spiro atoms. The zero-order valence-electron chi connectivity index (χ0n) is 12.5. The molecule has 0 N–H and O–H groups in total. The number of ether oxygens (including phenoxy) is 2. The van der Waals surface area contributed by atoms with Crippen LogP contribution in [-0.2, 0) is 0 Å². The summed E-state index contributed by atoms with van der Waals surface area (Å²) >= 11 is 7.44. The maximum Gasteiger partial charge on any atom is 0.161 e. The lowest BCUT2D eigenvalue weighted by Gasteiger charge is -2.18. The van der Waals surface area contributed by atoms with Crippen molar-refractivity contribution < 1.29 is 9.47 Å². The van der Waals surface area contributed by atoms with Gasteiger partial charge in [-0.3, -0.25) is 0 Å². The zero-order chi connectivity index (χ0) is 15.6. The molecule has 0 aliphatic heterocycles. The van der Waals surface area contributed by atoms with Crippen molar-refractivity contribution in [1.29, 1.82) is 0 Å². The van der Waals surface area contributed by atoms with Crippen LogP contribution in [0.2, 0.25) is 0 Å². The molecule has 112 valence electrons. The number of methoxy groups -OCH3 is 2. The first kappa shape index (κ1) is 16.4. The summed E-state index contributed by atoms with van der Waals surface area (Å²) in [6, 6.07) is 10.3. The highest BCUT2D eigenvalue weighted by atomic mass is 79.9. The predicted molar refractivity (Wildman–Crippen MR) is 93.9 cm³/mol. The van der Waals surface area contributed by atoms with Crippen LogP contribution in [0.1, 0.15) is 27.1 Å². The van der Waals surface area contributed by atoms with Gasteiger partial charge in [0.2, 0.25) is 0 Å². The molecule has 2 aromatic rings. The first-order chi connectivity index (χ1) is 9.99. The van der Waals surface area contributed by atoms with Crippen molar-refractivity contribution in [3.63, 3.8) is 0 Å². The van der Waals surface area contributed by atoms with E-state index in [4.69, 9.17) is 9.47 Å². The molecular weight excluding hydrogens is 396 g/mol. The van der Waals surface area contributed by atoms with E-state index in [1.54, 1.807) is 14.2 Å². The lowest BCUT2D eigenvalue weighted by molar-refractivity contribution is 0.354. The molecule has 21 heavy (non-hydrogen) atoms. The van der Waals surface area contributed by atoms with Gasteiger partial charge >= 0.3 is 0 Å². The van der Waals surface area contributed by atoms with Gasteiger partial charge in [-0.1, -0.05) is 50.1 Å². The molecule has 0 radical (unpaired) electrons. The van der Waals surface area contributed by atoms with Crippen LogP contribution in [0.4, 0.5) is 0 Å². The molecule has 0 amide bonds. The third-order valence-electron chi connectivity index (χ3n) is 3.70. The molecule has 0 saturated carbocycles. The van der Waals surface area contributed by atoms with E-state index < -0.39 is 0 Å². The van der Waals surface area contributed by atoms with E-state index in [1.807, 2.05) is 12.1 Å². The Morgan fingerprint density at radius 3 is 2.19 bits per heavy atom. The number of halogens is 2. The fourth-order valence-corrected chi connectivity index (χ4v) is 4.01. The number of rotatable bonds is 4. The third-order valence-corrected chi connectivity index (χ3v) is 5.37. The first-order valence-corrected chi connectivity index (χ1v) is 8.32. The molecule has 0 saturated heterocycles. The molecule has 1 atom stereocenters. The number of aryl methyl sites for hydroxylation is 1. The molecule has 2 aromatic carbocycles. The van der Waals surface area contributed by atoms with Gasteiger partial charge in [-0.25, -0.2) is 0 Å². The molecule has 4 heteroatoms. The van der Waals surface area contributed by atoms with Crippen molar-refractivity contribution >= 4 is 31.9 Å². The number of benzene rings is 2. The topological polar surface area (TPSA) is 18.5 Å². The Bertz CT molecular complexity index is 653. The largest absolute Gasteiger partial charge is 0.493 e. The van der Waals surface area contributed by atoms with Crippen LogP contribution >= 0.6 is 31.9 Å². The monoisotopic (exact) mass is 412 g/mol. The second-order valence-electron chi connectivity index (χ2n) is 4.88. The number of hydrogen-bond donors (Lipinski definition) is 0. The molecule has 0 bridgehead atoms. The van der Waals surface area contributed by atoms with Gasteiger partial charge in [0.1, 0.15) is 0 Å². The highest BCUT2D eigenvalue weighted by Crippen LogP contribution is 2.42. The highest BCUT2D eigenvalue weighted by Gasteiger charge is 2.19. The van der Waals surface area contributed by atoms with Crippen molar-refractivity contribution in [3.8, 4) is 11.5 Å². The SMILES string of the molecule is COc1cc(Br)c(C(Br)c2cccc(C)c2C)cc1OC. The smallest absolute Gasteiger partial charge is 0.161 e. The Labute approximate surface area is 142 Å². The minimum atomic E-state index is 0.0894. The molecule has 0 fully saturated rings. The average molecular weight is 414 g/mol. The number of alkyl halides is 1. The summed E-state index contributed by atoms with van der Waals surface area (Å²) in [6.07, 6.45) is 0. The van der Waals surface area contributed by atoms with E-state index in [0.717, 1.165) is 15.8 Å². The van der Waals surface area contributed by atoms with Gasteiger partial charge in [0, 0.05) is 4.47 Å². The van der Waals surface area contributed by atoms with Gasteiger partial charge in [0.15, 0.2) is 11.5 Å². The van der Waals surface area contributed by atoms with Crippen molar-refractivity contribution in [2.75, 3.05) is 14.2 Å². The van der Waals surface area contributed by atoms with Gasteiger partial charge in [-0.05, 0) is 48.2 Å². The zero-order valence-corrected chi connectivity index (χ0v) is 15.7. The first-order valence-electron chi connectivity index (χ1n) is 6.61. The van der Waals surface area contributed by atoms with E-state index in [2.05, 4.69) is 63.9 Å². The van der Waals surface area contributed by atoms with Crippen molar-refractivity contribution in [2.24, 2.45) is 0 Å². The maximum atomic E-state index is 5.41. The normalized spacial score (nSPS) is 12.1. The van der Waals surface area contributed by atoms with E-state index in [1.165, 1.54) is 16.7 Å². The molecular formula is C17H18Br2O2. The summed E-state index contributed by atoms with van der Waals surface area (Å²) in [5.41, 5.74) is 4.94. The summed E-state index contributed by atoms with van der Waals surface area (Å²) in [5.74, 6) is 1.44. The molecule has 0 aromatic heterocycles. The Morgan fingerprint density at radius 1 is 0.952 bits per heavy atom. The molecule has 2 nitrogen and oxygen atoms in total. The summed E-state index contributed by atoms with van der Waals surface area (Å²) in [6.45, 7) is 4.27. The fraction of sp³-hybridized carbons (Fsp3) is 0.294. The van der Waals surface area contributed by atoms with E-state index in [9.17, 15) is 0 Å². The minimum absolute atomic E-state index is 0.0894. The van der Waals surface area contributed by atoms with Crippen molar-refractivity contribution in [3.05, 3.63) is 57.1 Å². The van der Waals surface area contributed by atoms with E-state index in [-0.39, 0.29) is 4.83 Å². The van der Waals surface area contributed by atoms with Crippen molar-refractivity contribution in [2.45, 2.75) is 18.7 Å². The van der Waals surface area contributed by atoms with Gasteiger partial charge in [-0.2, -0.15) is 0 Å². The standard InChI is InChI=1S/C17H18Br2O2/c1-10-6-5-7-12(11(10)2)17(19)13-8-15(20-3)16(21-4)9-14(13)18/h5-9,17H,1-4H3. The average Bonchev–Trinajstić information content (AvgIpc) is 2.49. The fourth-order valence-electron chi connectivity index (χ4n) is 2.28. The molecule has 0 heterocycles. The summed E-state index contributed by atoms with van der Waals surface area (Å²) in [4.78, 5) is 0.0894. The van der Waals surface area contributed by atoms with Crippen molar-refractivity contribution in [1.82, 2.24) is 0 Å². The molecule has 0 aliphatic rings. The van der Waals surface area contributed by atoms with Gasteiger partial charge < -0.3 is 9.47 Å². The predicted octanol–water partition coefficient (Wildman–Crippen LogP) is 5.57. The number of hydrogen-bond acceptors (Lipinski definition) is 2. The third kappa shape index (κ3) is 3.27. The summed E-state index contributed by atoms with van der Waals surface area (Å²) in [5, 5.41) is 0. The lowest BCUT2D eigenvalue weighted by atomic mass is 9.97. The molecule has 0 aliphatic carbocycles.